The number of hydrogen-bond acceptors (Lipinski definition) is 0. The molecule has 16 heavy (non-hydrogen) atoms. The fourth-order valence-electron chi connectivity index (χ4n) is 2.28. The molecule has 0 spiro atoms. The van der Waals surface area contributed by atoms with Gasteiger partial charge in [0.05, 0.1) is 31.7 Å². The van der Waals surface area contributed by atoms with Crippen LogP contribution in [0.2, 0.25) is 0 Å². The van der Waals surface area contributed by atoms with Gasteiger partial charge in [-0.1, -0.05) is 45.4 Å². The zero-order valence-corrected chi connectivity index (χ0v) is 12.0. The number of allylic oxidation sites excluding steroid dienone is 2. The Labute approximate surface area is 103 Å². The third kappa shape index (κ3) is 5.85. The molecule has 0 bridgehead atoms. The Morgan fingerprint density at radius 1 is 0.750 bits per heavy atom. The fourth-order valence-corrected chi connectivity index (χ4v) is 4.57. The molecule has 0 aromatic carbocycles. The Morgan fingerprint density at radius 2 is 1.25 bits per heavy atom. The predicted molar refractivity (Wildman–Crippen MR) is 78.6 cm³/mol. The predicted octanol–water partition coefficient (Wildman–Crippen LogP) is 5.82. The van der Waals surface area contributed by atoms with Gasteiger partial charge in [-0.05, 0) is 25.0 Å². The summed E-state index contributed by atoms with van der Waals surface area (Å²) in [5, 5.41) is 0. The molecular weight excluding hydrogens is 211 g/mol. The molecule has 0 radical (unpaired) electrons. The molecule has 0 aromatic rings. The first-order valence-electron chi connectivity index (χ1n) is 6.99. The minimum atomic E-state index is -0.747. The Bertz CT molecular complexity index is 216. The van der Waals surface area contributed by atoms with Crippen molar-refractivity contribution in [3.63, 3.8) is 0 Å². The van der Waals surface area contributed by atoms with Gasteiger partial charge in [-0.2, -0.15) is 0 Å². The van der Waals surface area contributed by atoms with Crippen LogP contribution >= 0.6 is 7.26 Å². The highest BCUT2D eigenvalue weighted by atomic mass is 31.2. The highest BCUT2D eigenvalue weighted by Crippen LogP contribution is 2.61. The van der Waals surface area contributed by atoms with Crippen LogP contribution in [-0.2, 0) is 0 Å². The minimum Gasteiger partial charge on any atom is -0.0654 e. The van der Waals surface area contributed by atoms with Crippen molar-refractivity contribution >= 4 is 7.26 Å². The van der Waals surface area contributed by atoms with Crippen molar-refractivity contribution in [2.45, 2.75) is 58.3 Å². The van der Waals surface area contributed by atoms with Gasteiger partial charge >= 0.3 is 0 Å². The molecule has 1 heterocycles. The summed E-state index contributed by atoms with van der Waals surface area (Å²) in [6.45, 7) is 4.74. The third-order valence-electron chi connectivity index (χ3n) is 3.46. The highest BCUT2D eigenvalue weighted by molar-refractivity contribution is 7.81. The summed E-state index contributed by atoms with van der Waals surface area (Å²) in [5.41, 5.74) is 0. The van der Waals surface area contributed by atoms with Crippen LogP contribution in [-0.4, -0.2) is 12.8 Å². The van der Waals surface area contributed by atoms with Crippen LogP contribution in [0, 0.1) is 0 Å². The lowest BCUT2D eigenvalue weighted by Gasteiger charge is -2.11. The molecular formula is C15H28P+. The largest absolute Gasteiger partial charge is 0.0674 e. The van der Waals surface area contributed by atoms with E-state index in [1.807, 2.05) is 0 Å². The normalized spacial score (nSPS) is 17.1. The monoisotopic (exact) mass is 239 g/mol. The molecule has 0 aliphatic carbocycles. The molecule has 1 aliphatic heterocycles. The zero-order valence-electron chi connectivity index (χ0n) is 11.1. The third-order valence-corrected chi connectivity index (χ3v) is 6.44. The van der Waals surface area contributed by atoms with Crippen molar-refractivity contribution in [2.75, 3.05) is 12.8 Å². The van der Waals surface area contributed by atoms with Crippen LogP contribution in [0.5, 0.6) is 0 Å². The fraction of sp³-hybridized carbons (Fsp3) is 0.733. The van der Waals surface area contributed by atoms with Gasteiger partial charge in [0.25, 0.3) is 0 Å². The molecule has 0 saturated carbocycles. The van der Waals surface area contributed by atoms with E-state index in [4.69, 9.17) is 0 Å². The van der Waals surface area contributed by atoms with Crippen LogP contribution in [0.15, 0.2) is 23.8 Å². The van der Waals surface area contributed by atoms with E-state index in [0.29, 0.717) is 0 Å². The Kier molecular flexibility index (Phi) is 7.05. The Morgan fingerprint density at radius 3 is 1.81 bits per heavy atom. The number of unbranched alkanes of at least 4 members (excludes halogenated alkanes) is 7. The van der Waals surface area contributed by atoms with E-state index >= 15 is 0 Å². The summed E-state index contributed by atoms with van der Waals surface area (Å²) < 4.78 is 0. The topological polar surface area (TPSA) is 0 Å². The van der Waals surface area contributed by atoms with Crippen LogP contribution in [0.25, 0.3) is 0 Å². The Hall–Kier alpha value is -0.0900. The molecule has 0 nitrogen and oxygen atoms in total. The van der Waals surface area contributed by atoms with Crippen LogP contribution in [0.1, 0.15) is 58.3 Å². The molecule has 92 valence electrons. The van der Waals surface area contributed by atoms with Gasteiger partial charge in [0.15, 0.2) is 0 Å². The van der Waals surface area contributed by atoms with Gasteiger partial charge < -0.3 is 0 Å². The van der Waals surface area contributed by atoms with Gasteiger partial charge in [-0.3, -0.25) is 0 Å². The van der Waals surface area contributed by atoms with E-state index in [-0.39, 0.29) is 0 Å². The first-order chi connectivity index (χ1) is 7.77. The van der Waals surface area contributed by atoms with Crippen molar-refractivity contribution in [3.05, 3.63) is 23.8 Å². The van der Waals surface area contributed by atoms with Gasteiger partial charge in [0.1, 0.15) is 0 Å². The average molecular weight is 239 g/mol. The lowest BCUT2D eigenvalue weighted by Crippen LogP contribution is -1.90. The SMILES string of the molecule is CCCCCCCCCC[P+]1(C)C=CC=C1. The lowest BCUT2D eigenvalue weighted by atomic mass is 10.1. The maximum atomic E-state index is 2.45. The van der Waals surface area contributed by atoms with Gasteiger partial charge in [0, 0.05) is 0 Å². The average Bonchev–Trinajstić information content (AvgIpc) is 2.70. The minimum absolute atomic E-state index is 0.747. The second-order valence-electron chi connectivity index (χ2n) is 5.23. The smallest absolute Gasteiger partial charge is 0.0654 e. The summed E-state index contributed by atoms with van der Waals surface area (Å²) in [6.07, 6.45) is 17.4. The second kappa shape index (κ2) is 8.07. The summed E-state index contributed by atoms with van der Waals surface area (Å²) in [7, 11) is -0.747. The van der Waals surface area contributed by atoms with Crippen LogP contribution in [0.4, 0.5) is 0 Å². The van der Waals surface area contributed by atoms with Crippen LogP contribution in [0.3, 0.4) is 0 Å². The maximum absolute atomic E-state index is 2.45. The van der Waals surface area contributed by atoms with Gasteiger partial charge in [-0.25, -0.2) is 0 Å². The molecule has 1 heteroatoms. The lowest BCUT2D eigenvalue weighted by molar-refractivity contribution is 0.586. The van der Waals surface area contributed by atoms with Crippen molar-refractivity contribution in [1.29, 1.82) is 0 Å². The summed E-state index contributed by atoms with van der Waals surface area (Å²) in [6, 6.07) is 0. The van der Waals surface area contributed by atoms with Gasteiger partial charge in [-0.15, -0.1) is 0 Å². The first-order valence-corrected chi connectivity index (χ1v) is 9.55. The molecule has 0 atom stereocenters. The van der Waals surface area contributed by atoms with E-state index in [2.05, 4.69) is 37.4 Å². The number of hydrogen-bond donors (Lipinski definition) is 0. The van der Waals surface area contributed by atoms with E-state index in [1.165, 1.54) is 57.5 Å². The maximum Gasteiger partial charge on any atom is 0.0674 e. The Balaban J connectivity index is 1.88. The van der Waals surface area contributed by atoms with E-state index in [1.54, 1.807) is 0 Å². The van der Waals surface area contributed by atoms with E-state index in [9.17, 15) is 0 Å². The summed E-state index contributed by atoms with van der Waals surface area (Å²) in [4.78, 5) is 0. The van der Waals surface area contributed by atoms with Crippen molar-refractivity contribution < 1.29 is 0 Å². The van der Waals surface area contributed by atoms with Crippen molar-refractivity contribution in [1.82, 2.24) is 0 Å². The molecule has 0 aromatic heterocycles. The van der Waals surface area contributed by atoms with Crippen molar-refractivity contribution in [2.24, 2.45) is 0 Å². The molecule has 0 fully saturated rings. The molecule has 1 rings (SSSR count). The molecule has 0 unspecified atom stereocenters. The second-order valence-corrected chi connectivity index (χ2v) is 8.97. The first kappa shape index (κ1) is 14.0. The van der Waals surface area contributed by atoms with E-state index < -0.39 is 7.26 Å². The zero-order chi connectivity index (χ0) is 11.7. The quantitative estimate of drug-likeness (QED) is 0.351. The molecule has 0 N–H and O–H groups in total. The van der Waals surface area contributed by atoms with Crippen LogP contribution < -0.4 is 0 Å². The molecule has 0 amide bonds. The van der Waals surface area contributed by atoms with Gasteiger partial charge in [0.2, 0.25) is 0 Å². The summed E-state index contributed by atoms with van der Waals surface area (Å²) in [5.74, 6) is 4.91. The molecule has 1 aliphatic rings. The van der Waals surface area contributed by atoms with Crippen molar-refractivity contribution in [3.8, 4) is 0 Å². The van der Waals surface area contributed by atoms with E-state index in [0.717, 1.165) is 0 Å². The number of rotatable bonds is 9. The summed E-state index contributed by atoms with van der Waals surface area (Å²) >= 11 is 0. The standard InChI is InChI=1S/C15H28P/c1-3-4-5-6-7-8-9-10-13-16(2)14-11-12-15-16/h11-12,14-15H,3-10,13H2,1-2H3/q+1. The molecule has 0 saturated heterocycles. The highest BCUT2D eigenvalue weighted by Gasteiger charge is 2.26.